The predicted octanol–water partition coefficient (Wildman–Crippen LogP) is 12.4. The van der Waals surface area contributed by atoms with Crippen molar-refractivity contribution in [1.82, 2.24) is 9.13 Å². The van der Waals surface area contributed by atoms with Crippen molar-refractivity contribution in [2.45, 2.75) is 0 Å². The molecule has 0 aliphatic heterocycles. The van der Waals surface area contributed by atoms with Crippen molar-refractivity contribution in [3.8, 4) is 33.6 Å². The molecule has 48 heavy (non-hydrogen) atoms. The number of benzene rings is 8. The average molecular weight is 611 g/mol. The number of rotatable bonds is 4. The normalized spacial score (nSPS) is 11.8. The first-order valence-corrected chi connectivity index (χ1v) is 16.5. The van der Waals surface area contributed by atoms with Gasteiger partial charge in [0.05, 0.1) is 22.1 Å². The molecule has 2 aromatic heterocycles. The molecule has 224 valence electrons. The van der Waals surface area contributed by atoms with E-state index >= 15 is 0 Å². The summed E-state index contributed by atoms with van der Waals surface area (Å²) in [6, 6.07) is 66.2. The zero-order valence-electron chi connectivity index (χ0n) is 26.2. The Balaban J connectivity index is 1.32. The molecule has 0 saturated carbocycles. The van der Waals surface area contributed by atoms with Crippen LogP contribution in [0.4, 0.5) is 0 Å². The Morgan fingerprint density at radius 3 is 1.46 bits per heavy atom. The number of nitrogens with zero attached hydrogens (tertiary/aromatic N) is 2. The van der Waals surface area contributed by atoms with Crippen LogP contribution < -0.4 is 0 Å². The molecule has 0 spiro atoms. The first-order chi connectivity index (χ1) is 23.8. The van der Waals surface area contributed by atoms with Crippen molar-refractivity contribution in [2.75, 3.05) is 0 Å². The minimum atomic E-state index is 1.15. The molecule has 8 aromatic carbocycles. The van der Waals surface area contributed by atoms with Gasteiger partial charge in [-0.3, -0.25) is 0 Å². The highest BCUT2D eigenvalue weighted by Crippen LogP contribution is 2.43. The van der Waals surface area contributed by atoms with Crippen molar-refractivity contribution >= 4 is 54.4 Å². The fraction of sp³-hybridized carbons (Fsp3) is 0. The van der Waals surface area contributed by atoms with E-state index in [0.717, 1.165) is 11.4 Å². The molecule has 2 heteroatoms. The molecular formula is C46H30N2. The maximum absolute atomic E-state index is 2.47. The monoisotopic (exact) mass is 610 g/mol. The topological polar surface area (TPSA) is 9.86 Å². The van der Waals surface area contributed by atoms with Crippen molar-refractivity contribution < 1.29 is 0 Å². The molecule has 0 unspecified atom stereocenters. The quantitative estimate of drug-likeness (QED) is 0.188. The van der Waals surface area contributed by atoms with Crippen molar-refractivity contribution in [3.63, 3.8) is 0 Å². The fourth-order valence-electron chi connectivity index (χ4n) is 7.78. The standard InChI is InChI=1S/C46H30N2/c1-2-13-31(14-3-1)34-17-10-18-35(29-34)47-43-25-8-6-19-37(43)39-21-11-23-41(45(39)47)42-24-12-22-40-38-20-7-9-26-44(38)48(46(40)42)36-28-27-32-15-4-5-16-33(32)30-36/h1-30H. The van der Waals surface area contributed by atoms with Crippen LogP contribution in [0, 0.1) is 0 Å². The number of fused-ring (bicyclic) bond motifs is 7. The second kappa shape index (κ2) is 10.6. The van der Waals surface area contributed by atoms with Crippen molar-refractivity contribution in [2.24, 2.45) is 0 Å². The Morgan fingerprint density at radius 2 is 0.792 bits per heavy atom. The Labute approximate surface area is 278 Å². The largest absolute Gasteiger partial charge is 0.309 e. The Bertz CT molecular complexity index is 2830. The lowest BCUT2D eigenvalue weighted by Gasteiger charge is -2.16. The van der Waals surface area contributed by atoms with Gasteiger partial charge in [0.15, 0.2) is 0 Å². The Kier molecular flexibility index (Phi) is 5.91. The first-order valence-electron chi connectivity index (χ1n) is 16.5. The van der Waals surface area contributed by atoms with Gasteiger partial charge in [-0.1, -0.05) is 146 Å². The van der Waals surface area contributed by atoms with E-state index in [4.69, 9.17) is 0 Å². The van der Waals surface area contributed by atoms with E-state index in [9.17, 15) is 0 Å². The van der Waals surface area contributed by atoms with Crippen LogP contribution in [0.1, 0.15) is 0 Å². The SMILES string of the molecule is c1ccc(-c2cccc(-n3c4ccccc4c4cccc(-c5cccc6c7ccccc7n(-c7ccc8ccccc8c7)c56)c43)c2)cc1. The maximum Gasteiger partial charge on any atom is 0.0620 e. The first kappa shape index (κ1) is 26.8. The molecule has 0 amide bonds. The zero-order valence-corrected chi connectivity index (χ0v) is 26.2. The molecule has 0 saturated heterocycles. The lowest BCUT2D eigenvalue weighted by atomic mass is 9.99. The van der Waals surface area contributed by atoms with Gasteiger partial charge in [-0.25, -0.2) is 0 Å². The van der Waals surface area contributed by atoms with E-state index in [0.29, 0.717) is 0 Å². The Morgan fingerprint density at radius 1 is 0.292 bits per heavy atom. The van der Waals surface area contributed by atoms with Gasteiger partial charge in [-0.05, 0) is 58.3 Å². The highest BCUT2D eigenvalue weighted by molar-refractivity contribution is 6.19. The maximum atomic E-state index is 2.47. The van der Waals surface area contributed by atoms with Gasteiger partial charge in [0.1, 0.15) is 0 Å². The van der Waals surface area contributed by atoms with Crippen LogP contribution in [0.5, 0.6) is 0 Å². The highest BCUT2D eigenvalue weighted by atomic mass is 15.0. The van der Waals surface area contributed by atoms with E-state index in [-0.39, 0.29) is 0 Å². The van der Waals surface area contributed by atoms with Crippen LogP contribution in [-0.2, 0) is 0 Å². The molecule has 10 rings (SSSR count). The second-order valence-corrected chi connectivity index (χ2v) is 12.6. The molecule has 0 aliphatic carbocycles. The van der Waals surface area contributed by atoms with Gasteiger partial charge in [-0.2, -0.15) is 0 Å². The predicted molar refractivity (Wildman–Crippen MR) is 203 cm³/mol. The van der Waals surface area contributed by atoms with E-state index in [1.165, 1.54) is 76.6 Å². The minimum Gasteiger partial charge on any atom is -0.309 e. The molecule has 0 aliphatic rings. The summed E-state index contributed by atoms with van der Waals surface area (Å²) in [6.45, 7) is 0. The number of hydrogen-bond acceptors (Lipinski definition) is 0. The highest BCUT2D eigenvalue weighted by Gasteiger charge is 2.21. The summed E-state index contributed by atoms with van der Waals surface area (Å²) in [5.41, 5.74) is 12.0. The summed E-state index contributed by atoms with van der Waals surface area (Å²) in [5, 5.41) is 7.49. The van der Waals surface area contributed by atoms with Crippen LogP contribution in [0.3, 0.4) is 0 Å². The molecule has 0 atom stereocenters. The molecule has 0 N–H and O–H groups in total. The minimum absolute atomic E-state index is 1.15. The number of hydrogen-bond donors (Lipinski definition) is 0. The van der Waals surface area contributed by atoms with Crippen LogP contribution >= 0.6 is 0 Å². The molecule has 10 aromatic rings. The van der Waals surface area contributed by atoms with Crippen LogP contribution in [0.25, 0.3) is 88.0 Å². The summed E-state index contributed by atoms with van der Waals surface area (Å²) in [6.07, 6.45) is 0. The van der Waals surface area contributed by atoms with Gasteiger partial charge in [0, 0.05) is 44.0 Å². The van der Waals surface area contributed by atoms with Crippen molar-refractivity contribution in [3.05, 3.63) is 182 Å². The second-order valence-electron chi connectivity index (χ2n) is 12.6. The summed E-state index contributed by atoms with van der Waals surface area (Å²) in [5.74, 6) is 0. The summed E-state index contributed by atoms with van der Waals surface area (Å²) < 4.78 is 4.93. The lowest BCUT2D eigenvalue weighted by Crippen LogP contribution is -1.98. The molecule has 0 radical (unpaired) electrons. The lowest BCUT2D eigenvalue weighted by molar-refractivity contribution is 1.17. The van der Waals surface area contributed by atoms with E-state index < -0.39 is 0 Å². The van der Waals surface area contributed by atoms with Gasteiger partial charge < -0.3 is 9.13 Å². The number of para-hydroxylation sites is 4. The molecule has 0 fully saturated rings. The van der Waals surface area contributed by atoms with Crippen LogP contribution in [-0.4, -0.2) is 9.13 Å². The van der Waals surface area contributed by atoms with Gasteiger partial charge in [-0.15, -0.1) is 0 Å². The molecular weight excluding hydrogens is 581 g/mol. The smallest absolute Gasteiger partial charge is 0.0620 e. The molecule has 2 nitrogen and oxygen atoms in total. The van der Waals surface area contributed by atoms with E-state index in [1.807, 2.05) is 0 Å². The summed E-state index contributed by atoms with van der Waals surface area (Å²) >= 11 is 0. The van der Waals surface area contributed by atoms with Gasteiger partial charge in [0.2, 0.25) is 0 Å². The van der Waals surface area contributed by atoms with Gasteiger partial charge in [0.25, 0.3) is 0 Å². The summed E-state index contributed by atoms with van der Waals surface area (Å²) in [7, 11) is 0. The number of aromatic nitrogens is 2. The van der Waals surface area contributed by atoms with E-state index in [2.05, 4.69) is 191 Å². The van der Waals surface area contributed by atoms with E-state index in [1.54, 1.807) is 0 Å². The zero-order chi connectivity index (χ0) is 31.6. The Hall–Kier alpha value is -6.38. The molecule has 0 bridgehead atoms. The fourth-order valence-corrected chi connectivity index (χ4v) is 7.78. The third-order valence-corrected chi connectivity index (χ3v) is 9.88. The third kappa shape index (κ3) is 4.00. The van der Waals surface area contributed by atoms with Gasteiger partial charge >= 0.3 is 0 Å². The van der Waals surface area contributed by atoms with Crippen LogP contribution in [0.2, 0.25) is 0 Å². The van der Waals surface area contributed by atoms with Crippen LogP contribution in [0.15, 0.2) is 182 Å². The average Bonchev–Trinajstić information content (AvgIpc) is 3.68. The summed E-state index contributed by atoms with van der Waals surface area (Å²) in [4.78, 5) is 0. The third-order valence-electron chi connectivity index (χ3n) is 9.88. The van der Waals surface area contributed by atoms with Crippen molar-refractivity contribution in [1.29, 1.82) is 0 Å². The molecule has 2 heterocycles.